The van der Waals surface area contributed by atoms with Crippen molar-refractivity contribution in [3.05, 3.63) is 59.9 Å². The second-order valence-electron chi connectivity index (χ2n) is 6.42. The van der Waals surface area contributed by atoms with Crippen molar-refractivity contribution >= 4 is 22.4 Å². The quantitative estimate of drug-likeness (QED) is 0.691. The molecule has 1 aromatic heterocycles. The number of aromatic amines is 1. The lowest BCUT2D eigenvalue weighted by molar-refractivity contribution is -0.136. The maximum absolute atomic E-state index is 12.4. The molecule has 1 aliphatic rings. The molecule has 138 valence electrons. The van der Waals surface area contributed by atoms with Gasteiger partial charge in [0.2, 0.25) is 0 Å². The normalized spacial score (nSPS) is 13.3. The van der Waals surface area contributed by atoms with Gasteiger partial charge in [0, 0.05) is 29.2 Å². The van der Waals surface area contributed by atoms with Crippen LogP contribution < -0.4 is 10.1 Å². The van der Waals surface area contributed by atoms with Gasteiger partial charge in [0.25, 0.3) is 0 Å². The number of hydrogen-bond acceptors (Lipinski definition) is 4. The predicted octanol–water partition coefficient (Wildman–Crippen LogP) is 3.89. The van der Waals surface area contributed by atoms with Crippen LogP contribution in [0.15, 0.2) is 48.7 Å². The van der Waals surface area contributed by atoms with Gasteiger partial charge >= 0.3 is 5.97 Å². The van der Waals surface area contributed by atoms with Crippen LogP contribution in [0.5, 0.6) is 5.75 Å². The topological polar surface area (TPSA) is 63.3 Å². The first-order valence-corrected chi connectivity index (χ1v) is 9.12. The smallest absolute Gasteiger partial charge is 0.341 e. The molecule has 0 spiro atoms. The van der Waals surface area contributed by atoms with Crippen LogP contribution in [0.3, 0.4) is 0 Å². The van der Waals surface area contributed by atoms with Crippen LogP contribution >= 0.6 is 0 Å². The van der Waals surface area contributed by atoms with Gasteiger partial charge in [-0.15, -0.1) is 0 Å². The number of rotatable bonds is 4. The molecule has 5 heteroatoms. The van der Waals surface area contributed by atoms with Crippen molar-refractivity contribution in [3.63, 3.8) is 0 Å². The summed E-state index contributed by atoms with van der Waals surface area (Å²) in [6.07, 6.45) is 2.57. The number of methoxy groups -OCH3 is 1. The van der Waals surface area contributed by atoms with Crippen molar-refractivity contribution < 1.29 is 14.3 Å². The van der Waals surface area contributed by atoms with Crippen molar-refractivity contribution in [3.8, 4) is 16.9 Å². The summed E-state index contributed by atoms with van der Waals surface area (Å²) in [4.78, 5) is 15.8. The fourth-order valence-corrected chi connectivity index (χ4v) is 3.60. The first-order chi connectivity index (χ1) is 13.2. The van der Waals surface area contributed by atoms with Gasteiger partial charge in [-0.05, 0) is 42.7 Å². The highest BCUT2D eigenvalue weighted by atomic mass is 16.5. The van der Waals surface area contributed by atoms with Crippen LogP contribution in [0.25, 0.3) is 27.6 Å². The van der Waals surface area contributed by atoms with Gasteiger partial charge < -0.3 is 19.8 Å². The lowest BCUT2D eigenvalue weighted by Crippen LogP contribution is -2.11. The van der Waals surface area contributed by atoms with E-state index in [0.29, 0.717) is 12.2 Å². The Balaban J connectivity index is 1.86. The molecule has 0 bridgehead atoms. The first-order valence-electron chi connectivity index (χ1n) is 9.12. The van der Waals surface area contributed by atoms with Gasteiger partial charge in [0.15, 0.2) is 0 Å². The fourth-order valence-electron chi connectivity index (χ4n) is 3.60. The molecule has 0 atom stereocenters. The molecule has 3 aromatic rings. The lowest BCUT2D eigenvalue weighted by atomic mass is 9.99. The van der Waals surface area contributed by atoms with Gasteiger partial charge in [-0.25, -0.2) is 4.79 Å². The SMILES string of the molecule is CCOC(=O)C1=CNCCc2c1[nH]c1ccc(-c3ccccc3OC)cc21. The Hall–Kier alpha value is -3.21. The Bertz CT molecular complexity index is 1030. The van der Waals surface area contributed by atoms with E-state index in [4.69, 9.17) is 9.47 Å². The van der Waals surface area contributed by atoms with Crippen molar-refractivity contribution in [1.82, 2.24) is 10.3 Å². The van der Waals surface area contributed by atoms with E-state index in [1.807, 2.05) is 25.1 Å². The Morgan fingerprint density at radius 3 is 2.85 bits per heavy atom. The standard InChI is InChI=1S/C22H22N2O3/c1-3-27-22(25)18-13-23-11-10-16-17-12-14(8-9-19(17)24-21(16)18)15-6-4-5-7-20(15)26-2/h4-9,12-13,23-24H,3,10-11H2,1-2H3. The highest BCUT2D eigenvalue weighted by Crippen LogP contribution is 2.35. The number of para-hydroxylation sites is 1. The van der Waals surface area contributed by atoms with E-state index in [2.05, 4.69) is 34.6 Å². The first kappa shape index (κ1) is 17.2. The van der Waals surface area contributed by atoms with Gasteiger partial charge in [-0.3, -0.25) is 0 Å². The average Bonchev–Trinajstić information content (AvgIpc) is 2.91. The summed E-state index contributed by atoms with van der Waals surface area (Å²) in [6, 6.07) is 14.3. The largest absolute Gasteiger partial charge is 0.496 e. The van der Waals surface area contributed by atoms with Gasteiger partial charge in [-0.2, -0.15) is 0 Å². The van der Waals surface area contributed by atoms with Gasteiger partial charge in [0.1, 0.15) is 5.75 Å². The third-order valence-electron chi connectivity index (χ3n) is 4.85. The lowest BCUT2D eigenvalue weighted by Gasteiger charge is -2.09. The van der Waals surface area contributed by atoms with E-state index in [0.717, 1.165) is 52.0 Å². The molecule has 1 aliphatic heterocycles. The van der Waals surface area contributed by atoms with Crippen molar-refractivity contribution in [2.75, 3.05) is 20.3 Å². The molecule has 0 unspecified atom stereocenters. The van der Waals surface area contributed by atoms with E-state index in [1.54, 1.807) is 13.3 Å². The summed E-state index contributed by atoms with van der Waals surface area (Å²) >= 11 is 0. The predicted molar refractivity (Wildman–Crippen MR) is 107 cm³/mol. The summed E-state index contributed by atoms with van der Waals surface area (Å²) in [5.41, 5.74) is 5.65. The van der Waals surface area contributed by atoms with Crippen LogP contribution in [0.1, 0.15) is 18.2 Å². The molecule has 0 fully saturated rings. The molecule has 2 aromatic carbocycles. The van der Waals surface area contributed by atoms with Crippen LogP contribution in [0.2, 0.25) is 0 Å². The van der Waals surface area contributed by atoms with E-state index in [-0.39, 0.29) is 5.97 Å². The Kier molecular flexibility index (Phi) is 4.59. The number of hydrogen-bond donors (Lipinski definition) is 2. The maximum atomic E-state index is 12.4. The number of nitrogens with one attached hydrogen (secondary N) is 2. The molecular formula is C22H22N2O3. The van der Waals surface area contributed by atoms with E-state index < -0.39 is 0 Å². The molecule has 0 amide bonds. The second-order valence-corrected chi connectivity index (χ2v) is 6.42. The van der Waals surface area contributed by atoms with E-state index in [9.17, 15) is 4.79 Å². The van der Waals surface area contributed by atoms with Crippen molar-refractivity contribution in [2.45, 2.75) is 13.3 Å². The average molecular weight is 362 g/mol. The van der Waals surface area contributed by atoms with E-state index >= 15 is 0 Å². The molecule has 0 radical (unpaired) electrons. The minimum Gasteiger partial charge on any atom is -0.496 e. The summed E-state index contributed by atoms with van der Waals surface area (Å²) < 4.78 is 10.7. The summed E-state index contributed by atoms with van der Waals surface area (Å²) in [5.74, 6) is 0.525. The number of esters is 1. The number of ether oxygens (including phenoxy) is 2. The molecule has 27 heavy (non-hydrogen) atoms. The van der Waals surface area contributed by atoms with Crippen molar-refractivity contribution in [1.29, 1.82) is 0 Å². The molecule has 2 N–H and O–H groups in total. The van der Waals surface area contributed by atoms with Gasteiger partial charge in [0.05, 0.1) is 25.0 Å². The number of aromatic nitrogens is 1. The van der Waals surface area contributed by atoms with Gasteiger partial charge in [-0.1, -0.05) is 24.3 Å². The highest BCUT2D eigenvalue weighted by Gasteiger charge is 2.23. The molecule has 0 saturated heterocycles. The molecule has 4 rings (SSSR count). The number of carbonyl (C=O) groups excluding carboxylic acids is 1. The Labute approximate surface area is 158 Å². The number of benzene rings is 2. The summed E-state index contributed by atoms with van der Waals surface area (Å²) in [6.45, 7) is 2.93. The minimum atomic E-state index is -0.315. The fraction of sp³-hybridized carbons (Fsp3) is 0.227. The zero-order valence-corrected chi connectivity index (χ0v) is 15.5. The van der Waals surface area contributed by atoms with E-state index in [1.165, 1.54) is 0 Å². The second kappa shape index (κ2) is 7.19. The maximum Gasteiger partial charge on any atom is 0.341 e. The highest BCUT2D eigenvalue weighted by molar-refractivity contribution is 6.17. The minimum absolute atomic E-state index is 0.315. The number of H-pyrrole nitrogens is 1. The third-order valence-corrected chi connectivity index (χ3v) is 4.85. The van der Waals surface area contributed by atoms with Crippen LogP contribution in [-0.4, -0.2) is 31.2 Å². The number of fused-ring (bicyclic) bond motifs is 3. The molecule has 0 saturated carbocycles. The zero-order valence-electron chi connectivity index (χ0n) is 15.5. The third kappa shape index (κ3) is 3.05. The monoisotopic (exact) mass is 362 g/mol. The summed E-state index contributed by atoms with van der Waals surface area (Å²) in [7, 11) is 1.68. The molecule has 2 heterocycles. The van der Waals surface area contributed by atoms with Crippen molar-refractivity contribution in [2.24, 2.45) is 0 Å². The van der Waals surface area contributed by atoms with Crippen LogP contribution in [-0.2, 0) is 16.0 Å². The summed E-state index contributed by atoms with van der Waals surface area (Å²) in [5, 5.41) is 4.31. The van der Waals surface area contributed by atoms with Crippen LogP contribution in [0, 0.1) is 0 Å². The van der Waals surface area contributed by atoms with Crippen LogP contribution in [0.4, 0.5) is 0 Å². The molecule has 0 aliphatic carbocycles. The Morgan fingerprint density at radius 1 is 1.19 bits per heavy atom. The number of carbonyl (C=O) groups is 1. The Morgan fingerprint density at radius 2 is 2.04 bits per heavy atom. The molecular weight excluding hydrogens is 340 g/mol. The zero-order chi connectivity index (χ0) is 18.8. The molecule has 5 nitrogen and oxygen atoms in total.